The quantitative estimate of drug-likeness (QED) is 0.660. The summed E-state index contributed by atoms with van der Waals surface area (Å²) >= 11 is 9.50. The van der Waals surface area contributed by atoms with Crippen LogP contribution in [0.4, 0.5) is 0 Å². The summed E-state index contributed by atoms with van der Waals surface area (Å²) in [4.78, 5) is 43.0. The maximum atomic E-state index is 13.3. The summed E-state index contributed by atoms with van der Waals surface area (Å²) in [5.74, 6) is 0.357. The Bertz CT molecular complexity index is 1100. The number of nitrogens with zero attached hydrogens (tertiary/aromatic N) is 4. The van der Waals surface area contributed by atoms with Crippen LogP contribution in [0.1, 0.15) is 45.8 Å². The van der Waals surface area contributed by atoms with Crippen LogP contribution in [0, 0.1) is 5.92 Å². The summed E-state index contributed by atoms with van der Waals surface area (Å²) in [6.45, 7) is 3.03. The van der Waals surface area contributed by atoms with Crippen molar-refractivity contribution in [2.45, 2.75) is 38.9 Å². The molecular formula is C21H22BrClN4O3. The van der Waals surface area contributed by atoms with E-state index in [0.29, 0.717) is 54.1 Å². The van der Waals surface area contributed by atoms with Crippen molar-refractivity contribution < 1.29 is 9.59 Å². The van der Waals surface area contributed by atoms with Crippen molar-refractivity contribution in [1.82, 2.24) is 18.9 Å². The smallest absolute Gasteiger partial charge is 0.329 e. The zero-order valence-corrected chi connectivity index (χ0v) is 18.8. The van der Waals surface area contributed by atoms with Gasteiger partial charge >= 0.3 is 5.69 Å². The minimum atomic E-state index is -0.154. The summed E-state index contributed by atoms with van der Waals surface area (Å²) in [7, 11) is 0. The Kier molecular flexibility index (Phi) is 5.01. The van der Waals surface area contributed by atoms with E-state index in [1.54, 1.807) is 32.2 Å². The molecule has 0 saturated heterocycles. The molecule has 0 radical (unpaired) electrons. The topological polar surface area (TPSA) is 67.6 Å². The highest BCUT2D eigenvalue weighted by Crippen LogP contribution is 2.31. The lowest BCUT2D eigenvalue weighted by Crippen LogP contribution is -2.41. The van der Waals surface area contributed by atoms with Gasteiger partial charge < -0.3 is 9.80 Å². The summed E-state index contributed by atoms with van der Waals surface area (Å²) in [6, 6.07) is 5.11. The normalized spacial score (nSPS) is 18.8. The second-order valence-corrected chi connectivity index (χ2v) is 9.55. The van der Waals surface area contributed by atoms with Crippen LogP contribution in [-0.4, -0.2) is 50.4 Å². The van der Waals surface area contributed by atoms with Gasteiger partial charge in [-0.2, -0.15) is 0 Å². The molecular weight excluding hydrogens is 472 g/mol. The van der Waals surface area contributed by atoms with E-state index in [1.165, 1.54) is 12.8 Å². The minimum absolute atomic E-state index is 0.0776. The van der Waals surface area contributed by atoms with Crippen molar-refractivity contribution >= 4 is 39.3 Å². The fourth-order valence-corrected chi connectivity index (χ4v) is 4.83. The molecule has 0 bridgehead atoms. The summed E-state index contributed by atoms with van der Waals surface area (Å²) in [5.41, 5.74) is 1.46. The SMILES string of the molecule is O=C(c1ccc(Br)c(Cl)c1)N1CCn2c(c3n(c2=O)CCCN(CC2CC2)C3=O)C1. The molecule has 2 aromatic rings. The van der Waals surface area contributed by atoms with E-state index < -0.39 is 0 Å². The molecule has 1 aromatic carbocycles. The number of halogens is 2. The molecule has 158 valence electrons. The van der Waals surface area contributed by atoms with Crippen molar-refractivity contribution in [3.63, 3.8) is 0 Å². The Hall–Kier alpha value is -2.06. The standard InChI is InChI=1S/C21H22BrClN4O3/c22-15-5-4-14(10-16(15)23)19(28)25-8-9-26-17(12-25)18-20(29)24(11-13-2-3-13)6-1-7-27(18)21(26)30/h4-5,10,13H,1-3,6-9,11-12H2. The lowest BCUT2D eigenvalue weighted by molar-refractivity contribution is 0.0692. The maximum absolute atomic E-state index is 13.3. The molecule has 30 heavy (non-hydrogen) atoms. The molecule has 1 aliphatic carbocycles. The van der Waals surface area contributed by atoms with E-state index >= 15 is 0 Å². The van der Waals surface area contributed by atoms with E-state index in [2.05, 4.69) is 15.9 Å². The lowest BCUT2D eigenvalue weighted by Gasteiger charge is -2.29. The number of imidazole rings is 1. The zero-order valence-electron chi connectivity index (χ0n) is 16.4. The Morgan fingerprint density at radius 1 is 1.10 bits per heavy atom. The third-order valence-electron chi connectivity index (χ3n) is 6.19. The van der Waals surface area contributed by atoms with E-state index in [-0.39, 0.29) is 24.0 Å². The Morgan fingerprint density at radius 2 is 1.90 bits per heavy atom. The first-order valence-electron chi connectivity index (χ1n) is 10.3. The molecule has 1 saturated carbocycles. The van der Waals surface area contributed by atoms with Gasteiger partial charge in [0.25, 0.3) is 11.8 Å². The monoisotopic (exact) mass is 492 g/mol. The van der Waals surface area contributed by atoms with Crippen LogP contribution < -0.4 is 5.69 Å². The second kappa shape index (κ2) is 7.57. The van der Waals surface area contributed by atoms with Crippen LogP contribution in [0.5, 0.6) is 0 Å². The fourth-order valence-electron chi connectivity index (χ4n) is 4.40. The number of rotatable bonds is 3. The first-order chi connectivity index (χ1) is 14.4. The molecule has 2 amide bonds. The van der Waals surface area contributed by atoms with Gasteiger partial charge in [-0.15, -0.1) is 0 Å². The number of benzene rings is 1. The maximum Gasteiger partial charge on any atom is 0.329 e. The van der Waals surface area contributed by atoms with Gasteiger partial charge in [0.05, 0.1) is 17.3 Å². The summed E-state index contributed by atoms with van der Waals surface area (Å²) in [6.07, 6.45) is 3.11. The highest BCUT2D eigenvalue weighted by molar-refractivity contribution is 9.10. The highest BCUT2D eigenvalue weighted by Gasteiger charge is 2.36. The second-order valence-electron chi connectivity index (χ2n) is 8.28. The molecule has 0 spiro atoms. The first kappa shape index (κ1) is 19.9. The van der Waals surface area contributed by atoms with Crippen LogP contribution in [0.3, 0.4) is 0 Å². The molecule has 3 heterocycles. The predicted octanol–water partition coefficient (Wildman–Crippen LogP) is 2.98. The van der Waals surface area contributed by atoms with Crippen LogP contribution in [-0.2, 0) is 19.6 Å². The Balaban J connectivity index is 1.47. The molecule has 1 fully saturated rings. The van der Waals surface area contributed by atoms with Gasteiger partial charge in [0.1, 0.15) is 5.69 Å². The minimum Gasteiger partial charge on any atom is -0.337 e. The average molecular weight is 494 g/mol. The lowest BCUT2D eigenvalue weighted by atomic mass is 10.1. The number of fused-ring (bicyclic) bond motifs is 3. The van der Waals surface area contributed by atoms with Gasteiger partial charge in [0, 0.05) is 42.8 Å². The van der Waals surface area contributed by atoms with Crippen LogP contribution >= 0.6 is 27.5 Å². The van der Waals surface area contributed by atoms with E-state index in [0.717, 1.165) is 17.4 Å². The first-order valence-corrected chi connectivity index (χ1v) is 11.5. The number of hydrogen-bond donors (Lipinski definition) is 0. The van der Waals surface area contributed by atoms with E-state index in [9.17, 15) is 14.4 Å². The van der Waals surface area contributed by atoms with Gasteiger partial charge in [0.15, 0.2) is 0 Å². The van der Waals surface area contributed by atoms with Gasteiger partial charge in [0.2, 0.25) is 0 Å². The van der Waals surface area contributed by atoms with Crippen molar-refractivity contribution in [2.24, 2.45) is 5.92 Å². The van der Waals surface area contributed by atoms with Crippen molar-refractivity contribution in [2.75, 3.05) is 19.6 Å². The number of hydrogen-bond acceptors (Lipinski definition) is 3. The molecule has 9 heteroatoms. The zero-order chi connectivity index (χ0) is 21.0. The van der Waals surface area contributed by atoms with E-state index in [4.69, 9.17) is 11.6 Å². The largest absolute Gasteiger partial charge is 0.337 e. The summed E-state index contributed by atoms with van der Waals surface area (Å²) < 4.78 is 4.02. The van der Waals surface area contributed by atoms with Gasteiger partial charge in [-0.25, -0.2) is 4.79 Å². The molecule has 2 aliphatic heterocycles. The fraction of sp³-hybridized carbons (Fsp3) is 0.476. The molecule has 0 atom stereocenters. The number of carbonyl (C=O) groups is 2. The third kappa shape index (κ3) is 3.39. The Morgan fingerprint density at radius 3 is 2.63 bits per heavy atom. The predicted molar refractivity (Wildman–Crippen MR) is 116 cm³/mol. The van der Waals surface area contributed by atoms with Gasteiger partial charge in [-0.05, 0) is 59.3 Å². The summed E-state index contributed by atoms with van der Waals surface area (Å²) in [5, 5.41) is 0.471. The molecule has 1 aromatic heterocycles. The van der Waals surface area contributed by atoms with Gasteiger partial charge in [-0.3, -0.25) is 18.7 Å². The highest BCUT2D eigenvalue weighted by atomic mass is 79.9. The number of carbonyl (C=O) groups excluding carboxylic acids is 2. The van der Waals surface area contributed by atoms with Crippen molar-refractivity contribution in [3.05, 3.63) is 55.1 Å². The van der Waals surface area contributed by atoms with Gasteiger partial charge in [-0.1, -0.05) is 11.6 Å². The van der Waals surface area contributed by atoms with Crippen molar-refractivity contribution in [3.8, 4) is 0 Å². The van der Waals surface area contributed by atoms with Crippen LogP contribution in [0.15, 0.2) is 27.5 Å². The number of aromatic nitrogens is 2. The molecule has 3 aliphatic rings. The Labute approximate surface area is 187 Å². The molecule has 7 nitrogen and oxygen atoms in total. The average Bonchev–Trinajstić information content (AvgIpc) is 3.53. The molecule has 0 N–H and O–H groups in total. The van der Waals surface area contributed by atoms with Crippen molar-refractivity contribution in [1.29, 1.82) is 0 Å². The third-order valence-corrected chi connectivity index (χ3v) is 7.43. The van der Waals surface area contributed by atoms with Crippen LogP contribution in [0.2, 0.25) is 5.02 Å². The molecule has 5 rings (SSSR count). The van der Waals surface area contributed by atoms with Crippen LogP contribution in [0.25, 0.3) is 0 Å². The van der Waals surface area contributed by atoms with E-state index in [1.807, 2.05) is 4.90 Å². The molecule has 0 unspecified atom stereocenters. The number of amides is 2.